The van der Waals surface area contributed by atoms with Crippen molar-refractivity contribution in [3.05, 3.63) is 23.9 Å². The van der Waals surface area contributed by atoms with E-state index in [9.17, 15) is 0 Å². The normalized spacial score (nSPS) is 19.5. The SMILES string of the molecule is CCC1CCCN(c2ccc(CNCCOC)cn2)CC1. The molecular formula is C17H29N3O. The fourth-order valence-corrected chi connectivity index (χ4v) is 2.92. The van der Waals surface area contributed by atoms with E-state index in [1.807, 2.05) is 6.20 Å². The molecule has 1 aliphatic heterocycles. The monoisotopic (exact) mass is 291 g/mol. The standard InChI is InChI=1S/C17H29N3O/c1-3-15-5-4-10-20(11-8-15)17-7-6-16(14-19-17)13-18-9-12-21-2/h6-7,14-15,18H,3-5,8-13H2,1-2H3. The minimum atomic E-state index is 0.748. The smallest absolute Gasteiger partial charge is 0.128 e. The highest BCUT2D eigenvalue weighted by molar-refractivity contribution is 5.39. The summed E-state index contributed by atoms with van der Waals surface area (Å²) in [4.78, 5) is 7.09. The Morgan fingerprint density at radius 2 is 2.24 bits per heavy atom. The molecule has 1 aromatic heterocycles. The molecule has 0 aliphatic carbocycles. The molecule has 2 heterocycles. The molecule has 0 aromatic carbocycles. The van der Waals surface area contributed by atoms with Crippen molar-refractivity contribution in [3.63, 3.8) is 0 Å². The van der Waals surface area contributed by atoms with Gasteiger partial charge in [-0.25, -0.2) is 4.98 Å². The number of nitrogens with one attached hydrogen (secondary N) is 1. The fourth-order valence-electron chi connectivity index (χ4n) is 2.92. The number of aromatic nitrogens is 1. The molecule has 0 amide bonds. The number of hydrogen-bond acceptors (Lipinski definition) is 4. The first kappa shape index (κ1) is 16.2. The molecule has 4 nitrogen and oxygen atoms in total. The van der Waals surface area contributed by atoms with Crippen LogP contribution in [-0.2, 0) is 11.3 Å². The van der Waals surface area contributed by atoms with Crippen LogP contribution in [0.3, 0.4) is 0 Å². The highest BCUT2D eigenvalue weighted by Gasteiger charge is 2.16. The Labute approximate surface area is 128 Å². The van der Waals surface area contributed by atoms with Gasteiger partial charge in [-0.05, 0) is 36.8 Å². The third kappa shape index (κ3) is 5.29. The molecule has 0 radical (unpaired) electrons. The highest BCUT2D eigenvalue weighted by Crippen LogP contribution is 2.23. The number of hydrogen-bond donors (Lipinski definition) is 1. The van der Waals surface area contributed by atoms with Gasteiger partial charge in [-0.3, -0.25) is 0 Å². The second-order valence-electron chi connectivity index (χ2n) is 5.89. The second kappa shape index (κ2) is 9.00. The lowest BCUT2D eigenvalue weighted by atomic mass is 9.98. The molecule has 0 bridgehead atoms. The van der Waals surface area contributed by atoms with Gasteiger partial charge in [-0.1, -0.05) is 19.4 Å². The van der Waals surface area contributed by atoms with Gasteiger partial charge in [0.1, 0.15) is 5.82 Å². The number of anilines is 1. The van der Waals surface area contributed by atoms with Crippen LogP contribution in [0.4, 0.5) is 5.82 Å². The van der Waals surface area contributed by atoms with Crippen LogP contribution in [0.5, 0.6) is 0 Å². The van der Waals surface area contributed by atoms with Crippen LogP contribution >= 0.6 is 0 Å². The number of pyridine rings is 1. The van der Waals surface area contributed by atoms with E-state index in [2.05, 4.69) is 34.3 Å². The van der Waals surface area contributed by atoms with Gasteiger partial charge in [0.25, 0.3) is 0 Å². The van der Waals surface area contributed by atoms with Crippen LogP contribution < -0.4 is 10.2 Å². The average Bonchev–Trinajstić information content (AvgIpc) is 2.78. The van der Waals surface area contributed by atoms with Crippen LogP contribution in [0.2, 0.25) is 0 Å². The third-order valence-electron chi connectivity index (χ3n) is 4.37. The minimum Gasteiger partial charge on any atom is -0.383 e. The zero-order valence-electron chi connectivity index (χ0n) is 13.5. The number of rotatable bonds is 7. The number of nitrogens with zero attached hydrogens (tertiary/aromatic N) is 2. The predicted molar refractivity (Wildman–Crippen MR) is 87.7 cm³/mol. The lowest BCUT2D eigenvalue weighted by molar-refractivity contribution is 0.199. The Bertz CT molecular complexity index is 394. The van der Waals surface area contributed by atoms with E-state index >= 15 is 0 Å². The van der Waals surface area contributed by atoms with Crippen molar-refractivity contribution >= 4 is 5.82 Å². The molecule has 2 rings (SSSR count). The topological polar surface area (TPSA) is 37.4 Å². The maximum Gasteiger partial charge on any atom is 0.128 e. The summed E-state index contributed by atoms with van der Waals surface area (Å²) < 4.78 is 5.02. The molecule has 1 N–H and O–H groups in total. The zero-order chi connectivity index (χ0) is 14.9. The van der Waals surface area contributed by atoms with Crippen molar-refractivity contribution in [1.29, 1.82) is 0 Å². The lowest BCUT2D eigenvalue weighted by Gasteiger charge is -2.21. The summed E-state index contributed by atoms with van der Waals surface area (Å²) in [5.41, 5.74) is 1.23. The maximum atomic E-state index is 5.02. The molecule has 1 fully saturated rings. The van der Waals surface area contributed by atoms with Gasteiger partial charge in [0, 0.05) is 39.5 Å². The summed E-state index contributed by atoms with van der Waals surface area (Å²) in [5, 5.41) is 3.35. The summed E-state index contributed by atoms with van der Waals surface area (Å²) in [6.07, 6.45) is 7.28. The summed E-state index contributed by atoms with van der Waals surface area (Å²) in [7, 11) is 1.72. The molecule has 1 aliphatic rings. The largest absolute Gasteiger partial charge is 0.383 e. The van der Waals surface area contributed by atoms with Crippen molar-refractivity contribution in [1.82, 2.24) is 10.3 Å². The van der Waals surface area contributed by atoms with Gasteiger partial charge < -0.3 is 15.0 Å². The van der Waals surface area contributed by atoms with E-state index in [4.69, 9.17) is 4.74 Å². The molecule has 0 saturated carbocycles. The van der Waals surface area contributed by atoms with Crippen LogP contribution in [0, 0.1) is 5.92 Å². The number of methoxy groups -OCH3 is 1. The van der Waals surface area contributed by atoms with E-state index in [1.165, 1.54) is 31.2 Å². The van der Waals surface area contributed by atoms with Crippen LogP contribution in [0.25, 0.3) is 0 Å². The second-order valence-corrected chi connectivity index (χ2v) is 5.89. The van der Waals surface area contributed by atoms with Gasteiger partial charge in [0.05, 0.1) is 6.61 Å². The van der Waals surface area contributed by atoms with Gasteiger partial charge >= 0.3 is 0 Å². The van der Waals surface area contributed by atoms with Crippen molar-refractivity contribution in [2.24, 2.45) is 5.92 Å². The molecule has 118 valence electrons. The lowest BCUT2D eigenvalue weighted by Crippen LogP contribution is -2.25. The predicted octanol–water partition coefficient (Wildman–Crippen LogP) is 2.83. The van der Waals surface area contributed by atoms with Gasteiger partial charge in [0.2, 0.25) is 0 Å². The third-order valence-corrected chi connectivity index (χ3v) is 4.37. The van der Waals surface area contributed by atoms with E-state index in [0.717, 1.165) is 44.5 Å². The summed E-state index contributed by atoms with van der Waals surface area (Å²) >= 11 is 0. The van der Waals surface area contributed by atoms with Crippen LogP contribution in [-0.4, -0.2) is 38.3 Å². The first-order chi connectivity index (χ1) is 10.3. The maximum absolute atomic E-state index is 5.02. The van der Waals surface area contributed by atoms with E-state index < -0.39 is 0 Å². The molecule has 1 saturated heterocycles. The fraction of sp³-hybridized carbons (Fsp3) is 0.706. The zero-order valence-corrected chi connectivity index (χ0v) is 13.5. The van der Waals surface area contributed by atoms with E-state index in [1.54, 1.807) is 7.11 Å². The Morgan fingerprint density at radius 3 is 2.95 bits per heavy atom. The van der Waals surface area contributed by atoms with Gasteiger partial charge in [-0.15, -0.1) is 0 Å². The Kier molecular flexibility index (Phi) is 6.96. The van der Waals surface area contributed by atoms with E-state index in [-0.39, 0.29) is 0 Å². The first-order valence-electron chi connectivity index (χ1n) is 8.23. The van der Waals surface area contributed by atoms with Crippen LogP contribution in [0.15, 0.2) is 18.3 Å². The summed E-state index contributed by atoms with van der Waals surface area (Å²) in [5.74, 6) is 2.03. The van der Waals surface area contributed by atoms with Gasteiger partial charge in [-0.2, -0.15) is 0 Å². The molecule has 1 aromatic rings. The Hall–Kier alpha value is -1.13. The molecule has 4 heteroatoms. The molecule has 0 spiro atoms. The highest BCUT2D eigenvalue weighted by atomic mass is 16.5. The quantitative estimate of drug-likeness (QED) is 0.784. The summed E-state index contributed by atoms with van der Waals surface area (Å²) in [6, 6.07) is 4.35. The van der Waals surface area contributed by atoms with Crippen LogP contribution in [0.1, 0.15) is 38.2 Å². The average molecular weight is 291 g/mol. The Balaban J connectivity index is 1.83. The van der Waals surface area contributed by atoms with Crippen molar-refractivity contribution in [2.45, 2.75) is 39.2 Å². The summed E-state index contributed by atoms with van der Waals surface area (Å²) in [6.45, 7) is 7.09. The van der Waals surface area contributed by atoms with Gasteiger partial charge in [0.15, 0.2) is 0 Å². The van der Waals surface area contributed by atoms with E-state index in [0.29, 0.717) is 0 Å². The Morgan fingerprint density at radius 1 is 1.33 bits per heavy atom. The minimum absolute atomic E-state index is 0.748. The van der Waals surface area contributed by atoms with Crippen molar-refractivity contribution < 1.29 is 4.74 Å². The van der Waals surface area contributed by atoms with Crippen molar-refractivity contribution in [2.75, 3.05) is 38.3 Å². The van der Waals surface area contributed by atoms with Crippen molar-refractivity contribution in [3.8, 4) is 0 Å². The first-order valence-corrected chi connectivity index (χ1v) is 8.23. The molecule has 21 heavy (non-hydrogen) atoms. The molecule has 1 atom stereocenters. The number of ether oxygens (including phenoxy) is 1. The molecule has 1 unspecified atom stereocenters. The molecular weight excluding hydrogens is 262 g/mol.